The van der Waals surface area contributed by atoms with E-state index in [0.717, 1.165) is 29.4 Å². The molecule has 1 aliphatic heterocycles. The topological polar surface area (TPSA) is 49.4 Å². The number of hydrogen-bond donors (Lipinski definition) is 1. The van der Waals surface area contributed by atoms with Crippen molar-refractivity contribution in [2.45, 2.75) is 31.7 Å². The summed E-state index contributed by atoms with van der Waals surface area (Å²) in [5, 5.41) is 3.19. The molecule has 2 aromatic carbocycles. The second-order valence-electron chi connectivity index (χ2n) is 7.04. The number of benzene rings is 2. The number of halogens is 1. The molecule has 1 saturated heterocycles. The zero-order valence-corrected chi connectivity index (χ0v) is 16.0. The number of carbonyl (C=O) groups is 2. The summed E-state index contributed by atoms with van der Waals surface area (Å²) >= 11 is 3.44. The first kappa shape index (κ1) is 17.3. The second kappa shape index (κ2) is 7.23. The first-order valence-corrected chi connectivity index (χ1v) is 9.85. The van der Waals surface area contributed by atoms with E-state index in [0.29, 0.717) is 6.54 Å². The molecule has 0 saturated carbocycles. The number of nitrogens with one attached hydrogen (secondary N) is 1. The Kier molecular flexibility index (Phi) is 4.81. The zero-order valence-electron chi connectivity index (χ0n) is 14.5. The van der Waals surface area contributed by atoms with Gasteiger partial charge in [-0.25, -0.2) is 0 Å². The van der Waals surface area contributed by atoms with Crippen molar-refractivity contribution in [3.05, 3.63) is 64.1 Å². The van der Waals surface area contributed by atoms with Gasteiger partial charge in [0.25, 0.3) is 0 Å². The molecule has 2 aliphatic rings. The Labute approximate surface area is 161 Å². The molecule has 0 aromatic heterocycles. The van der Waals surface area contributed by atoms with Crippen LogP contribution in [0.1, 0.15) is 36.4 Å². The van der Waals surface area contributed by atoms with Crippen LogP contribution in [0.2, 0.25) is 0 Å². The van der Waals surface area contributed by atoms with Gasteiger partial charge in [0.05, 0.1) is 12.0 Å². The first-order valence-electron chi connectivity index (χ1n) is 9.06. The monoisotopic (exact) mass is 412 g/mol. The summed E-state index contributed by atoms with van der Waals surface area (Å²) < 4.78 is 0.925. The molecule has 2 atom stereocenters. The van der Waals surface area contributed by atoms with Gasteiger partial charge in [-0.3, -0.25) is 9.59 Å². The lowest BCUT2D eigenvalue weighted by Crippen LogP contribution is -2.36. The number of rotatable bonds is 3. The lowest BCUT2D eigenvalue weighted by molar-refractivity contribution is -0.127. The van der Waals surface area contributed by atoms with Gasteiger partial charge in [-0.2, -0.15) is 0 Å². The van der Waals surface area contributed by atoms with Crippen LogP contribution in [0.4, 0.5) is 5.69 Å². The van der Waals surface area contributed by atoms with E-state index in [1.165, 1.54) is 11.1 Å². The molecule has 4 rings (SSSR count). The van der Waals surface area contributed by atoms with Crippen LogP contribution in [0.15, 0.2) is 53.0 Å². The highest BCUT2D eigenvalue weighted by Gasteiger charge is 2.36. The lowest BCUT2D eigenvalue weighted by atomic mass is 9.87. The summed E-state index contributed by atoms with van der Waals surface area (Å²) in [6.07, 6.45) is 3.38. The van der Waals surface area contributed by atoms with Crippen molar-refractivity contribution in [1.82, 2.24) is 5.32 Å². The van der Waals surface area contributed by atoms with Crippen molar-refractivity contribution in [3.8, 4) is 0 Å². The molecule has 4 nitrogen and oxygen atoms in total. The Balaban J connectivity index is 1.46. The third-order valence-corrected chi connectivity index (χ3v) is 5.79. The average molecular weight is 413 g/mol. The van der Waals surface area contributed by atoms with Crippen molar-refractivity contribution < 1.29 is 9.59 Å². The SMILES string of the molecule is O=C(NC1CCCc2ccccc21)C1CC(=O)N(c2cccc(Br)c2)C1. The molecule has 0 bridgehead atoms. The lowest BCUT2D eigenvalue weighted by Gasteiger charge is -2.27. The van der Waals surface area contributed by atoms with Gasteiger partial charge in [-0.05, 0) is 48.6 Å². The van der Waals surface area contributed by atoms with Crippen molar-refractivity contribution in [2.75, 3.05) is 11.4 Å². The summed E-state index contributed by atoms with van der Waals surface area (Å²) in [7, 11) is 0. The van der Waals surface area contributed by atoms with Gasteiger partial charge in [0.15, 0.2) is 0 Å². The zero-order chi connectivity index (χ0) is 18.1. The van der Waals surface area contributed by atoms with E-state index in [4.69, 9.17) is 0 Å². The highest BCUT2D eigenvalue weighted by molar-refractivity contribution is 9.10. The van der Waals surface area contributed by atoms with E-state index < -0.39 is 0 Å². The predicted octanol–water partition coefficient (Wildman–Crippen LogP) is 4.00. The largest absolute Gasteiger partial charge is 0.349 e. The normalized spacial score (nSPS) is 22.2. The fraction of sp³-hybridized carbons (Fsp3) is 0.333. The highest BCUT2D eigenvalue weighted by atomic mass is 79.9. The molecule has 1 aliphatic carbocycles. The quantitative estimate of drug-likeness (QED) is 0.827. The molecule has 1 heterocycles. The Morgan fingerprint density at radius 1 is 1.15 bits per heavy atom. The van der Waals surface area contributed by atoms with E-state index in [-0.39, 0.29) is 30.2 Å². The van der Waals surface area contributed by atoms with Crippen LogP contribution in [0.25, 0.3) is 0 Å². The maximum absolute atomic E-state index is 12.8. The number of amides is 2. The predicted molar refractivity (Wildman–Crippen MR) is 105 cm³/mol. The molecule has 2 amide bonds. The van der Waals surface area contributed by atoms with E-state index in [2.05, 4.69) is 39.4 Å². The molecular formula is C21H21BrN2O2. The van der Waals surface area contributed by atoms with E-state index >= 15 is 0 Å². The number of hydrogen-bond acceptors (Lipinski definition) is 2. The van der Waals surface area contributed by atoms with Crippen LogP contribution in [0, 0.1) is 5.92 Å². The molecular weight excluding hydrogens is 392 g/mol. The van der Waals surface area contributed by atoms with Gasteiger partial charge in [0.1, 0.15) is 0 Å². The molecule has 26 heavy (non-hydrogen) atoms. The van der Waals surface area contributed by atoms with Crippen LogP contribution < -0.4 is 10.2 Å². The Morgan fingerprint density at radius 3 is 2.85 bits per heavy atom. The molecule has 5 heteroatoms. The Bertz CT molecular complexity index is 851. The number of fused-ring (bicyclic) bond motifs is 1. The minimum Gasteiger partial charge on any atom is -0.349 e. The van der Waals surface area contributed by atoms with E-state index in [1.54, 1.807) is 4.90 Å². The van der Waals surface area contributed by atoms with E-state index in [1.807, 2.05) is 30.3 Å². The van der Waals surface area contributed by atoms with Crippen LogP contribution in [0.3, 0.4) is 0 Å². The van der Waals surface area contributed by atoms with Gasteiger partial charge in [-0.1, -0.05) is 46.3 Å². The molecule has 0 radical (unpaired) electrons. The number of nitrogens with zero attached hydrogens (tertiary/aromatic N) is 1. The van der Waals surface area contributed by atoms with Gasteiger partial charge in [0.2, 0.25) is 11.8 Å². The minimum absolute atomic E-state index is 0.00675. The first-order chi connectivity index (χ1) is 12.6. The van der Waals surface area contributed by atoms with Gasteiger partial charge >= 0.3 is 0 Å². The fourth-order valence-electron chi connectivity index (χ4n) is 3.97. The molecule has 0 spiro atoms. The molecule has 134 valence electrons. The van der Waals surface area contributed by atoms with Gasteiger partial charge in [-0.15, -0.1) is 0 Å². The maximum Gasteiger partial charge on any atom is 0.227 e. The Hall–Kier alpha value is -2.14. The Morgan fingerprint density at radius 2 is 2.00 bits per heavy atom. The van der Waals surface area contributed by atoms with Crippen molar-refractivity contribution >= 4 is 33.4 Å². The molecule has 1 N–H and O–H groups in total. The van der Waals surface area contributed by atoms with Crippen molar-refractivity contribution in [2.24, 2.45) is 5.92 Å². The summed E-state index contributed by atoms with van der Waals surface area (Å²) in [4.78, 5) is 26.9. The molecule has 1 fully saturated rings. The number of carbonyl (C=O) groups excluding carboxylic acids is 2. The standard InChI is InChI=1S/C21H21BrN2O2/c22-16-7-4-8-17(12-16)24-13-15(11-20(24)25)21(26)23-19-10-3-6-14-5-1-2-9-18(14)19/h1-2,4-5,7-9,12,15,19H,3,6,10-11,13H2,(H,23,26). The summed E-state index contributed by atoms with van der Waals surface area (Å²) in [5.41, 5.74) is 3.38. The summed E-state index contributed by atoms with van der Waals surface area (Å²) in [6.45, 7) is 0.440. The fourth-order valence-corrected chi connectivity index (χ4v) is 4.36. The smallest absolute Gasteiger partial charge is 0.227 e. The summed E-state index contributed by atoms with van der Waals surface area (Å²) in [6, 6.07) is 16.0. The van der Waals surface area contributed by atoms with Gasteiger partial charge < -0.3 is 10.2 Å². The van der Waals surface area contributed by atoms with Crippen molar-refractivity contribution in [1.29, 1.82) is 0 Å². The van der Waals surface area contributed by atoms with Crippen LogP contribution >= 0.6 is 15.9 Å². The molecule has 2 unspecified atom stereocenters. The minimum atomic E-state index is -0.296. The van der Waals surface area contributed by atoms with Crippen LogP contribution in [-0.2, 0) is 16.0 Å². The van der Waals surface area contributed by atoms with Gasteiger partial charge in [0, 0.05) is 23.1 Å². The third kappa shape index (κ3) is 3.40. The maximum atomic E-state index is 12.8. The summed E-state index contributed by atoms with van der Waals surface area (Å²) in [5.74, 6) is -0.305. The van der Waals surface area contributed by atoms with Crippen molar-refractivity contribution in [3.63, 3.8) is 0 Å². The average Bonchev–Trinajstić information content (AvgIpc) is 3.04. The number of anilines is 1. The van der Waals surface area contributed by atoms with Crippen LogP contribution in [0.5, 0.6) is 0 Å². The molecule has 2 aromatic rings. The second-order valence-corrected chi connectivity index (χ2v) is 7.95. The van der Waals surface area contributed by atoms with E-state index in [9.17, 15) is 9.59 Å². The highest BCUT2D eigenvalue weighted by Crippen LogP contribution is 2.31. The third-order valence-electron chi connectivity index (χ3n) is 5.30. The number of aryl methyl sites for hydroxylation is 1. The van der Waals surface area contributed by atoms with Crippen LogP contribution in [-0.4, -0.2) is 18.4 Å².